The fraction of sp³-hybridized carbons (Fsp3) is 0.571. The van der Waals surface area contributed by atoms with Crippen molar-refractivity contribution in [3.63, 3.8) is 0 Å². The summed E-state index contributed by atoms with van der Waals surface area (Å²) in [5.74, 6) is 0.990. The average molecular weight is 237 g/mol. The van der Waals surface area contributed by atoms with Crippen molar-refractivity contribution < 1.29 is 9.84 Å². The summed E-state index contributed by atoms with van der Waals surface area (Å²) in [4.78, 5) is 0. The quantitative estimate of drug-likeness (QED) is 0.844. The molecule has 0 aliphatic carbocycles. The molecule has 1 aromatic rings. The molecule has 0 heterocycles. The van der Waals surface area contributed by atoms with Crippen LogP contribution in [0.15, 0.2) is 18.2 Å². The minimum atomic E-state index is -0.247. The first-order valence-corrected chi connectivity index (χ1v) is 6.11. The zero-order valence-corrected chi connectivity index (χ0v) is 11.2. The van der Waals surface area contributed by atoms with Gasteiger partial charge in [-0.15, -0.1) is 0 Å². The van der Waals surface area contributed by atoms with Crippen molar-refractivity contribution in [2.24, 2.45) is 5.73 Å². The second-order valence-electron chi connectivity index (χ2n) is 5.33. The number of rotatable bonds is 4. The molecule has 0 aliphatic rings. The van der Waals surface area contributed by atoms with E-state index in [1.165, 1.54) is 0 Å². The van der Waals surface area contributed by atoms with E-state index in [-0.39, 0.29) is 17.4 Å². The maximum atomic E-state index is 9.79. The van der Waals surface area contributed by atoms with Gasteiger partial charge in [0.05, 0.1) is 0 Å². The minimum Gasteiger partial charge on any atom is -0.508 e. The van der Waals surface area contributed by atoms with Gasteiger partial charge in [0.25, 0.3) is 0 Å². The van der Waals surface area contributed by atoms with Crippen molar-refractivity contribution in [3.05, 3.63) is 23.8 Å². The Labute approximate surface area is 104 Å². The molecule has 1 atom stereocenters. The monoisotopic (exact) mass is 237 g/mol. The van der Waals surface area contributed by atoms with Gasteiger partial charge in [0.2, 0.25) is 0 Å². The normalized spacial score (nSPS) is 13.5. The zero-order chi connectivity index (χ0) is 13.1. The SMILES string of the molecule is CCC[C@@H](N)c1cc(OC(C)(C)C)ccc1O. The molecule has 3 heteroatoms. The number of ether oxygens (including phenoxy) is 1. The molecule has 0 saturated carbocycles. The Morgan fingerprint density at radius 2 is 2.00 bits per heavy atom. The van der Waals surface area contributed by atoms with Crippen LogP contribution >= 0.6 is 0 Å². The Kier molecular flexibility index (Phi) is 4.40. The largest absolute Gasteiger partial charge is 0.508 e. The third kappa shape index (κ3) is 4.27. The molecule has 0 spiro atoms. The number of aromatic hydroxyl groups is 1. The second kappa shape index (κ2) is 5.41. The molecule has 0 saturated heterocycles. The van der Waals surface area contributed by atoms with Gasteiger partial charge in [-0.25, -0.2) is 0 Å². The fourth-order valence-electron chi connectivity index (χ4n) is 1.71. The summed E-state index contributed by atoms with van der Waals surface area (Å²) in [5, 5.41) is 9.79. The van der Waals surface area contributed by atoms with Gasteiger partial charge in [-0.2, -0.15) is 0 Å². The van der Waals surface area contributed by atoms with E-state index >= 15 is 0 Å². The van der Waals surface area contributed by atoms with Crippen LogP contribution in [-0.2, 0) is 0 Å². The van der Waals surface area contributed by atoms with Gasteiger partial charge < -0.3 is 15.6 Å². The molecule has 0 radical (unpaired) electrons. The number of nitrogens with two attached hydrogens (primary N) is 1. The molecule has 0 fully saturated rings. The van der Waals surface area contributed by atoms with Gasteiger partial charge in [0, 0.05) is 11.6 Å². The van der Waals surface area contributed by atoms with Crippen LogP contribution in [-0.4, -0.2) is 10.7 Å². The first-order chi connectivity index (χ1) is 7.83. The van der Waals surface area contributed by atoms with Gasteiger partial charge in [-0.3, -0.25) is 0 Å². The van der Waals surface area contributed by atoms with Crippen molar-refractivity contribution in [3.8, 4) is 11.5 Å². The van der Waals surface area contributed by atoms with E-state index in [1.807, 2.05) is 26.8 Å². The topological polar surface area (TPSA) is 55.5 Å². The van der Waals surface area contributed by atoms with Crippen LogP contribution in [0.2, 0.25) is 0 Å². The van der Waals surface area contributed by atoms with E-state index in [4.69, 9.17) is 10.5 Å². The Hall–Kier alpha value is -1.22. The number of phenolic OH excluding ortho intramolecular Hbond substituents is 1. The van der Waals surface area contributed by atoms with Crippen molar-refractivity contribution in [2.45, 2.75) is 52.2 Å². The van der Waals surface area contributed by atoms with Crippen LogP contribution in [0.3, 0.4) is 0 Å². The van der Waals surface area contributed by atoms with Gasteiger partial charge in [-0.05, 0) is 45.4 Å². The molecule has 3 nitrogen and oxygen atoms in total. The Bertz CT molecular complexity index is 369. The average Bonchev–Trinajstić information content (AvgIpc) is 2.19. The van der Waals surface area contributed by atoms with Gasteiger partial charge in [0.15, 0.2) is 0 Å². The van der Waals surface area contributed by atoms with Crippen LogP contribution in [0.25, 0.3) is 0 Å². The third-order valence-corrected chi connectivity index (χ3v) is 2.42. The maximum Gasteiger partial charge on any atom is 0.120 e. The molecule has 0 aromatic heterocycles. The molecular weight excluding hydrogens is 214 g/mol. The summed E-state index contributed by atoms with van der Waals surface area (Å²) in [6, 6.07) is 5.11. The molecule has 0 amide bonds. The molecular formula is C14H23NO2. The number of phenols is 1. The highest BCUT2D eigenvalue weighted by molar-refractivity contribution is 5.41. The predicted octanol–water partition coefficient (Wildman–Crippen LogP) is 3.37. The van der Waals surface area contributed by atoms with Crippen LogP contribution in [0.5, 0.6) is 11.5 Å². The van der Waals surface area contributed by atoms with Gasteiger partial charge >= 0.3 is 0 Å². The van der Waals surface area contributed by atoms with E-state index in [0.29, 0.717) is 0 Å². The molecule has 96 valence electrons. The summed E-state index contributed by atoms with van der Waals surface area (Å²) in [6.45, 7) is 8.05. The van der Waals surface area contributed by atoms with Gasteiger partial charge in [-0.1, -0.05) is 13.3 Å². The molecule has 0 bridgehead atoms. The van der Waals surface area contributed by atoms with Crippen molar-refractivity contribution in [2.75, 3.05) is 0 Å². The summed E-state index contributed by atoms with van der Waals surface area (Å²) < 4.78 is 5.76. The Morgan fingerprint density at radius 3 is 2.53 bits per heavy atom. The second-order valence-corrected chi connectivity index (χ2v) is 5.33. The van der Waals surface area contributed by atoms with Crippen molar-refractivity contribution in [1.82, 2.24) is 0 Å². The molecule has 0 unspecified atom stereocenters. The van der Waals surface area contributed by atoms with E-state index in [1.54, 1.807) is 12.1 Å². The smallest absolute Gasteiger partial charge is 0.120 e. The predicted molar refractivity (Wildman–Crippen MR) is 70.3 cm³/mol. The van der Waals surface area contributed by atoms with Crippen LogP contribution in [0.4, 0.5) is 0 Å². The summed E-state index contributed by atoms with van der Waals surface area (Å²) >= 11 is 0. The van der Waals surface area contributed by atoms with Crippen molar-refractivity contribution in [1.29, 1.82) is 0 Å². The Balaban J connectivity index is 2.94. The molecule has 1 rings (SSSR count). The van der Waals surface area contributed by atoms with E-state index < -0.39 is 0 Å². The maximum absolute atomic E-state index is 9.79. The highest BCUT2D eigenvalue weighted by atomic mass is 16.5. The lowest BCUT2D eigenvalue weighted by Gasteiger charge is -2.22. The lowest BCUT2D eigenvalue weighted by atomic mass is 10.0. The van der Waals surface area contributed by atoms with Crippen LogP contribution in [0.1, 0.15) is 52.1 Å². The number of hydrogen-bond donors (Lipinski definition) is 2. The molecule has 1 aromatic carbocycles. The van der Waals surface area contributed by atoms with Crippen LogP contribution in [0, 0.1) is 0 Å². The first kappa shape index (κ1) is 13.8. The standard InChI is InChI=1S/C14H23NO2/c1-5-6-12(15)11-9-10(7-8-13(11)16)17-14(2,3)4/h7-9,12,16H,5-6,15H2,1-4H3/t12-/m1/s1. The Morgan fingerprint density at radius 1 is 1.35 bits per heavy atom. The zero-order valence-electron chi connectivity index (χ0n) is 11.2. The molecule has 3 N–H and O–H groups in total. The third-order valence-electron chi connectivity index (χ3n) is 2.42. The first-order valence-electron chi connectivity index (χ1n) is 6.11. The van der Waals surface area contributed by atoms with E-state index in [2.05, 4.69) is 6.92 Å². The molecule has 17 heavy (non-hydrogen) atoms. The minimum absolute atomic E-state index is 0.136. The van der Waals surface area contributed by atoms with Crippen molar-refractivity contribution >= 4 is 0 Å². The summed E-state index contributed by atoms with van der Waals surface area (Å²) in [5.41, 5.74) is 6.53. The highest BCUT2D eigenvalue weighted by Crippen LogP contribution is 2.30. The lowest BCUT2D eigenvalue weighted by molar-refractivity contribution is 0.130. The van der Waals surface area contributed by atoms with E-state index in [9.17, 15) is 5.11 Å². The number of benzene rings is 1. The highest BCUT2D eigenvalue weighted by Gasteiger charge is 2.15. The van der Waals surface area contributed by atoms with Crippen LogP contribution < -0.4 is 10.5 Å². The summed E-state index contributed by atoms with van der Waals surface area (Å²) in [7, 11) is 0. The number of hydrogen-bond acceptors (Lipinski definition) is 3. The van der Waals surface area contributed by atoms with E-state index in [0.717, 1.165) is 24.2 Å². The molecule has 0 aliphatic heterocycles. The lowest BCUT2D eigenvalue weighted by Crippen LogP contribution is -2.23. The summed E-state index contributed by atoms with van der Waals surface area (Å²) in [6.07, 6.45) is 1.84. The fourth-order valence-corrected chi connectivity index (χ4v) is 1.71. The van der Waals surface area contributed by atoms with Gasteiger partial charge in [0.1, 0.15) is 17.1 Å².